The highest BCUT2D eigenvalue weighted by Gasteiger charge is 2.23. The Morgan fingerprint density at radius 2 is 2.24 bits per heavy atom. The molecule has 0 atom stereocenters. The number of hydrogen-bond donors (Lipinski definition) is 2. The monoisotopic (exact) mass is 359 g/mol. The molecular formula is C16H14FN5O2S. The van der Waals surface area contributed by atoms with Gasteiger partial charge in [0.25, 0.3) is 0 Å². The Morgan fingerprint density at radius 1 is 1.52 bits per heavy atom. The van der Waals surface area contributed by atoms with E-state index in [9.17, 15) is 18.1 Å². The van der Waals surface area contributed by atoms with Crippen molar-refractivity contribution in [3.05, 3.63) is 42.2 Å². The molecule has 0 spiro atoms. The minimum absolute atomic E-state index is 0.0243. The first-order chi connectivity index (χ1) is 11.8. The van der Waals surface area contributed by atoms with E-state index >= 15 is 0 Å². The van der Waals surface area contributed by atoms with Crippen molar-refractivity contribution in [3.8, 4) is 17.3 Å². The summed E-state index contributed by atoms with van der Waals surface area (Å²) in [6.07, 6.45) is 2.67. The molecule has 0 unspecified atom stereocenters. The SMILES string of the molecule is C=C(CF)n1cc(S(N)(=O)=O)c(-c2ccc(C)c3c(C#N)c[nH]c23)n1. The van der Waals surface area contributed by atoms with Crippen molar-refractivity contribution in [2.75, 3.05) is 6.67 Å². The van der Waals surface area contributed by atoms with E-state index in [2.05, 4.69) is 22.7 Å². The lowest BCUT2D eigenvalue weighted by Gasteiger charge is -2.05. The number of nitrogens with one attached hydrogen (secondary N) is 1. The third kappa shape index (κ3) is 2.71. The molecule has 3 rings (SSSR count). The molecule has 0 bridgehead atoms. The Labute approximate surface area is 143 Å². The summed E-state index contributed by atoms with van der Waals surface area (Å²) >= 11 is 0. The number of fused-ring (bicyclic) bond motifs is 1. The van der Waals surface area contributed by atoms with Crippen molar-refractivity contribution in [2.24, 2.45) is 5.14 Å². The molecule has 3 N–H and O–H groups in total. The van der Waals surface area contributed by atoms with Crippen LogP contribution in [0.15, 0.2) is 36.0 Å². The number of nitriles is 1. The fourth-order valence-electron chi connectivity index (χ4n) is 2.68. The molecule has 0 radical (unpaired) electrons. The fraction of sp³-hybridized carbons (Fsp3) is 0.125. The second kappa shape index (κ2) is 5.84. The number of allylic oxidation sites excluding steroid dienone is 1. The Kier molecular flexibility index (Phi) is 3.94. The van der Waals surface area contributed by atoms with Crippen molar-refractivity contribution in [2.45, 2.75) is 11.8 Å². The summed E-state index contributed by atoms with van der Waals surface area (Å²) in [5.41, 5.74) is 2.31. The molecule has 128 valence electrons. The van der Waals surface area contributed by atoms with Crippen LogP contribution in [0.4, 0.5) is 4.39 Å². The number of halogens is 1. The number of aromatic nitrogens is 3. The summed E-state index contributed by atoms with van der Waals surface area (Å²) < 4.78 is 37.8. The zero-order valence-electron chi connectivity index (χ0n) is 13.2. The first-order valence-electron chi connectivity index (χ1n) is 7.15. The van der Waals surface area contributed by atoms with Crippen molar-refractivity contribution >= 4 is 26.6 Å². The third-order valence-electron chi connectivity index (χ3n) is 3.88. The number of alkyl halides is 1. The lowest BCUT2D eigenvalue weighted by molar-refractivity contribution is 0.553. The van der Waals surface area contributed by atoms with Crippen LogP contribution < -0.4 is 5.14 Å². The fourth-order valence-corrected chi connectivity index (χ4v) is 3.35. The van der Waals surface area contributed by atoms with Gasteiger partial charge in [0.2, 0.25) is 10.0 Å². The maximum absolute atomic E-state index is 12.9. The van der Waals surface area contributed by atoms with Gasteiger partial charge in [0.15, 0.2) is 0 Å². The van der Waals surface area contributed by atoms with E-state index in [0.717, 1.165) is 16.4 Å². The Hall–Kier alpha value is -2.96. The lowest BCUT2D eigenvalue weighted by atomic mass is 10.0. The van der Waals surface area contributed by atoms with E-state index in [1.165, 1.54) is 6.20 Å². The number of benzene rings is 1. The highest BCUT2D eigenvalue weighted by molar-refractivity contribution is 7.89. The highest BCUT2D eigenvalue weighted by atomic mass is 32.2. The van der Waals surface area contributed by atoms with Crippen LogP contribution in [0.2, 0.25) is 0 Å². The summed E-state index contributed by atoms with van der Waals surface area (Å²) in [6, 6.07) is 5.51. The topological polar surface area (TPSA) is 118 Å². The second-order valence-electron chi connectivity index (χ2n) is 5.53. The molecule has 25 heavy (non-hydrogen) atoms. The van der Waals surface area contributed by atoms with Gasteiger partial charge in [-0.15, -0.1) is 0 Å². The third-order valence-corrected chi connectivity index (χ3v) is 4.80. The van der Waals surface area contributed by atoms with Crippen LogP contribution in [0.25, 0.3) is 27.9 Å². The van der Waals surface area contributed by atoms with E-state index in [1.54, 1.807) is 12.1 Å². The van der Waals surface area contributed by atoms with Crippen LogP contribution in [-0.4, -0.2) is 29.9 Å². The molecule has 7 nitrogen and oxygen atoms in total. The number of primary sulfonamides is 1. The van der Waals surface area contributed by atoms with Gasteiger partial charge in [-0.2, -0.15) is 10.4 Å². The normalized spacial score (nSPS) is 11.6. The smallest absolute Gasteiger partial charge is 0.241 e. The van der Waals surface area contributed by atoms with E-state index in [-0.39, 0.29) is 16.3 Å². The van der Waals surface area contributed by atoms with Gasteiger partial charge < -0.3 is 4.98 Å². The summed E-state index contributed by atoms with van der Waals surface area (Å²) in [6.45, 7) is 4.45. The van der Waals surface area contributed by atoms with Crippen molar-refractivity contribution in [3.63, 3.8) is 0 Å². The zero-order chi connectivity index (χ0) is 18.4. The molecule has 0 amide bonds. The van der Waals surface area contributed by atoms with Gasteiger partial charge >= 0.3 is 0 Å². The first-order valence-corrected chi connectivity index (χ1v) is 8.70. The predicted octanol–water partition coefficient (Wildman–Crippen LogP) is 2.30. The van der Waals surface area contributed by atoms with Gasteiger partial charge in [0, 0.05) is 17.1 Å². The molecule has 3 aromatic rings. The first kappa shape index (κ1) is 16.9. The number of H-pyrrole nitrogens is 1. The maximum atomic E-state index is 12.9. The summed E-state index contributed by atoms with van der Waals surface area (Å²) in [5.74, 6) is 0. The Morgan fingerprint density at radius 3 is 2.84 bits per heavy atom. The average molecular weight is 359 g/mol. The van der Waals surface area contributed by atoms with Crippen LogP contribution in [0.3, 0.4) is 0 Å². The standard InChI is InChI=1S/C16H14FN5O2S/c1-9-3-4-12(16-14(9)11(6-18)7-20-16)15-13(25(19,23)24)8-22(21-15)10(2)5-17/h3-4,7-8,20H,2,5H2,1H3,(H2,19,23,24). The Balaban J connectivity index is 2.38. The van der Waals surface area contributed by atoms with Crippen LogP contribution >= 0.6 is 0 Å². The molecule has 0 aliphatic carbocycles. The zero-order valence-corrected chi connectivity index (χ0v) is 14.1. The van der Waals surface area contributed by atoms with Gasteiger partial charge in [0.1, 0.15) is 23.3 Å². The average Bonchev–Trinajstić information content (AvgIpc) is 3.19. The minimum atomic E-state index is -4.11. The summed E-state index contributed by atoms with van der Waals surface area (Å²) in [4.78, 5) is 2.72. The molecule has 0 fully saturated rings. The lowest BCUT2D eigenvalue weighted by Crippen LogP contribution is -2.12. The van der Waals surface area contributed by atoms with Crippen LogP contribution in [0.5, 0.6) is 0 Å². The molecule has 0 aliphatic rings. The van der Waals surface area contributed by atoms with Crippen molar-refractivity contribution < 1.29 is 12.8 Å². The summed E-state index contributed by atoms with van der Waals surface area (Å²) in [7, 11) is -4.11. The molecule has 0 aliphatic heterocycles. The van der Waals surface area contributed by atoms with Crippen LogP contribution in [0.1, 0.15) is 11.1 Å². The predicted molar refractivity (Wildman–Crippen MR) is 91.6 cm³/mol. The number of aryl methyl sites for hydroxylation is 1. The molecule has 0 saturated heterocycles. The van der Waals surface area contributed by atoms with Gasteiger partial charge in [-0.3, -0.25) is 0 Å². The molecule has 2 aromatic heterocycles. The van der Waals surface area contributed by atoms with Gasteiger partial charge in [-0.25, -0.2) is 22.6 Å². The molecule has 0 saturated carbocycles. The number of aromatic amines is 1. The molecular weight excluding hydrogens is 345 g/mol. The molecule has 1 aromatic carbocycles. The number of nitrogens with zero attached hydrogens (tertiary/aromatic N) is 3. The Bertz CT molecular complexity index is 1150. The molecule has 9 heteroatoms. The highest BCUT2D eigenvalue weighted by Crippen LogP contribution is 2.34. The van der Waals surface area contributed by atoms with E-state index in [4.69, 9.17) is 5.14 Å². The van der Waals surface area contributed by atoms with Crippen molar-refractivity contribution in [1.29, 1.82) is 5.26 Å². The van der Waals surface area contributed by atoms with Gasteiger partial charge in [-0.1, -0.05) is 18.7 Å². The van der Waals surface area contributed by atoms with E-state index in [0.29, 0.717) is 22.0 Å². The van der Waals surface area contributed by atoms with Crippen LogP contribution in [0, 0.1) is 18.3 Å². The van der Waals surface area contributed by atoms with Gasteiger partial charge in [0.05, 0.1) is 23.0 Å². The maximum Gasteiger partial charge on any atom is 0.241 e. The number of nitrogens with two attached hydrogens (primary N) is 1. The second-order valence-corrected chi connectivity index (χ2v) is 7.06. The van der Waals surface area contributed by atoms with Crippen molar-refractivity contribution in [1.82, 2.24) is 14.8 Å². The summed E-state index contributed by atoms with van der Waals surface area (Å²) in [5, 5.41) is 19.3. The number of sulfonamides is 1. The number of hydrogen-bond acceptors (Lipinski definition) is 4. The molecule has 2 heterocycles. The van der Waals surface area contributed by atoms with Gasteiger partial charge in [-0.05, 0) is 12.5 Å². The van der Waals surface area contributed by atoms with E-state index in [1.807, 2.05) is 6.92 Å². The quantitative estimate of drug-likeness (QED) is 0.743. The minimum Gasteiger partial charge on any atom is -0.359 e. The number of rotatable bonds is 4. The largest absolute Gasteiger partial charge is 0.359 e. The van der Waals surface area contributed by atoms with E-state index < -0.39 is 16.7 Å². The van der Waals surface area contributed by atoms with Crippen LogP contribution in [-0.2, 0) is 10.0 Å².